The van der Waals surface area contributed by atoms with E-state index in [4.69, 9.17) is 4.74 Å². The van der Waals surface area contributed by atoms with E-state index in [9.17, 15) is 14.4 Å². The number of esters is 1. The summed E-state index contributed by atoms with van der Waals surface area (Å²) in [6.07, 6.45) is 3.06. The molecule has 0 saturated carbocycles. The first-order valence-corrected chi connectivity index (χ1v) is 7.65. The van der Waals surface area contributed by atoms with Crippen LogP contribution >= 0.6 is 0 Å². The van der Waals surface area contributed by atoms with Crippen molar-refractivity contribution in [2.45, 2.75) is 0 Å². The number of rotatable bonds is 4. The molecular weight excluding hydrogens is 336 g/mol. The molecule has 0 unspecified atom stereocenters. The van der Waals surface area contributed by atoms with E-state index in [1.54, 1.807) is 42.6 Å². The number of carbonyl (C=O) groups is 3. The number of fused-ring (bicyclic) bond motifs is 1. The highest BCUT2D eigenvalue weighted by Crippen LogP contribution is 2.11. The summed E-state index contributed by atoms with van der Waals surface area (Å²) < 4.78 is 4.93. The van der Waals surface area contributed by atoms with Gasteiger partial charge in [0.2, 0.25) is 0 Å². The number of hydrogen-bond acceptors (Lipinski definition) is 6. The van der Waals surface area contributed by atoms with Gasteiger partial charge in [-0.25, -0.2) is 4.79 Å². The van der Waals surface area contributed by atoms with Crippen LogP contribution in [0, 0.1) is 0 Å². The molecule has 0 bridgehead atoms. The molecule has 0 spiro atoms. The first kappa shape index (κ1) is 17.0. The number of aromatic nitrogens is 2. The zero-order valence-electron chi connectivity index (χ0n) is 13.5. The van der Waals surface area contributed by atoms with E-state index in [0.717, 1.165) is 0 Å². The summed E-state index contributed by atoms with van der Waals surface area (Å²) in [7, 11) is 0. The molecular formula is C18H14N4O4. The summed E-state index contributed by atoms with van der Waals surface area (Å²) in [6.45, 7) is -0.535. The van der Waals surface area contributed by atoms with Gasteiger partial charge in [0.1, 0.15) is 0 Å². The maximum absolute atomic E-state index is 12.0. The van der Waals surface area contributed by atoms with Gasteiger partial charge in [0.05, 0.1) is 16.6 Å². The third kappa shape index (κ3) is 4.18. The summed E-state index contributed by atoms with van der Waals surface area (Å²) in [5, 5.41) is 0. The SMILES string of the molecule is O=C(COC(=O)c1ccc2nccnc2c1)NNC(=O)c1ccccc1. The van der Waals surface area contributed by atoms with Gasteiger partial charge < -0.3 is 4.74 Å². The lowest BCUT2D eigenvalue weighted by Crippen LogP contribution is -2.43. The molecule has 0 fully saturated rings. The van der Waals surface area contributed by atoms with Gasteiger partial charge in [-0.1, -0.05) is 18.2 Å². The fourth-order valence-corrected chi connectivity index (χ4v) is 2.13. The molecule has 2 aromatic carbocycles. The average Bonchev–Trinajstić information content (AvgIpc) is 2.70. The zero-order valence-corrected chi connectivity index (χ0v) is 13.5. The summed E-state index contributed by atoms with van der Waals surface area (Å²) in [5.41, 5.74) is 6.24. The maximum atomic E-state index is 12.0. The topological polar surface area (TPSA) is 110 Å². The van der Waals surface area contributed by atoms with E-state index in [1.165, 1.54) is 18.3 Å². The van der Waals surface area contributed by atoms with Crippen molar-refractivity contribution in [1.29, 1.82) is 0 Å². The van der Waals surface area contributed by atoms with Crippen molar-refractivity contribution in [2.24, 2.45) is 0 Å². The molecule has 3 rings (SSSR count). The van der Waals surface area contributed by atoms with Gasteiger partial charge in [0.25, 0.3) is 11.8 Å². The van der Waals surface area contributed by atoms with Gasteiger partial charge in [-0.2, -0.15) is 0 Å². The first-order valence-electron chi connectivity index (χ1n) is 7.65. The minimum absolute atomic E-state index is 0.249. The van der Waals surface area contributed by atoms with Crippen molar-refractivity contribution in [3.8, 4) is 0 Å². The highest BCUT2D eigenvalue weighted by molar-refractivity contribution is 5.96. The summed E-state index contributed by atoms with van der Waals surface area (Å²) in [4.78, 5) is 43.7. The number of ether oxygens (including phenoxy) is 1. The molecule has 0 radical (unpaired) electrons. The third-order valence-electron chi connectivity index (χ3n) is 3.39. The van der Waals surface area contributed by atoms with E-state index < -0.39 is 24.4 Å². The van der Waals surface area contributed by atoms with Crippen molar-refractivity contribution in [3.63, 3.8) is 0 Å². The number of carbonyl (C=O) groups excluding carboxylic acids is 3. The molecule has 8 heteroatoms. The summed E-state index contributed by atoms with van der Waals surface area (Å²) in [6, 6.07) is 13.1. The van der Waals surface area contributed by atoms with Crippen LogP contribution in [0.1, 0.15) is 20.7 Å². The molecule has 1 aromatic heterocycles. The number of benzene rings is 2. The first-order chi connectivity index (χ1) is 12.6. The molecule has 0 saturated heterocycles. The lowest BCUT2D eigenvalue weighted by Gasteiger charge is -2.08. The Morgan fingerprint density at radius 1 is 0.846 bits per heavy atom. The van der Waals surface area contributed by atoms with Gasteiger partial charge in [0, 0.05) is 18.0 Å². The molecule has 1 heterocycles. The number of hydrazine groups is 1. The van der Waals surface area contributed by atoms with Crippen LogP contribution in [0.5, 0.6) is 0 Å². The fraction of sp³-hybridized carbons (Fsp3) is 0.0556. The molecule has 0 atom stereocenters. The maximum Gasteiger partial charge on any atom is 0.338 e. The van der Waals surface area contributed by atoms with Crippen LogP contribution in [0.2, 0.25) is 0 Å². The largest absolute Gasteiger partial charge is 0.452 e. The molecule has 0 aliphatic rings. The van der Waals surface area contributed by atoms with E-state index in [-0.39, 0.29) is 5.56 Å². The fourth-order valence-electron chi connectivity index (χ4n) is 2.13. The van der Waals surface area contributed by atoms with E-state index in [2.05, 4.69) is 20.8 Å². The lowest BCUT2D eigenvalue weighted by atomic mass is 10.2. The van der Waals surface area contributed by atoms with Gasteiger partial charge in [-0.05, 0) is 30.3 Å². The van der Waals surface area contributed by atoms with Crippen molar-refractivity contribution < 1.29 is 19.1 Å². The van der Waals surface area contributed by atoms with Crippen molar-refractivity contribution in [1.82, 2.24) is 20.8 Å². The minimum atomic E-state index is -0.679. The lowest BCUT2D eigenvalue weighted by molar-refractivity contribution is -0.125. The van der Waals surface area contributed by atoms with Gasteiger partial charge in [-0.15, -0.1) is 0 Å². The van der Waals surface area contributed by atoms with Crippen LogP contribution in [0.25, 0.3) is 11.0 Å². The molecule has 2 N–H and O–H groups in total. The Morgan fingerprint density at radius 2 is 1.58 bits per heavy atom. The number of amides is 2. The van der Waals surface area contributed by atoms with Gasteiger partial charge in [0.15, 0.2) is 6.61 Å². The Bertz CT molecular complexity index is 960. The summed E-state index contributed by atoms with van der Waals surface area (Å²) in [5.74, 6) is -1.82. The molecule has 8 nitrogen and oxygen atoms in total. The summed E-state index contributed by atoms with van der Waals surface area (Å²) >= 11 is 0. The Labute approximate surface area is 148 Å². The average molecular weight is 350 g/mol. The van der Waals surface area contributed by atoms with Gasteiger partial charge >= 0.3 is 5.97 Å². The molecule has 0 aliphatic heterocycles. The quantitative estimate of drug-likeness (QED) is 0.541. The molecule has 3 aromatic rings. The second-order valence-electron chi connectivity index (χ2n) is 5.20. The van der Waals surface area contributed by atoms with Crippen LogP contribution < -0.4 is 10.9 Å². The minimum Gasteiger partial charge on any atom is -0.452 e. The van der Waals surface area contributed by atoms with E-state index >= 15 is 0 Å². The van der Waals surface area contributed by atoms with Crippen LogP contribution in [0.3, 0.4) is 0 Å². The Balaban J connectivity index is 1.50. The van der Waals surface area contributed by atoms with Gasteiger partial charge in [-0.3, -0.25) is 30.4 Å². The Morgan fingerprint density at radius 3 is 2.35 bits per heavy atom. The Kier molecular flexibility index (Phi) is 5.14. The van der Waals surface area contributed by atoms with Crippen molar-refractivity contribution >= 4 is 28.8 Å². The third-order valence-corrected chi connectivity index (χ3v) is 3.39. The Hall–Kier alpha value is -3.81. The number of nitrogens with one attached hydrogen (secondary N) is 2. The monoisotopic (exact) mass is 350 g/mol. The molecule has 2 amide bonds. The zero-order chi connectivity index (χ0) is 18.4. The van der Waals surface area contributed by atoms with Crippen LogP contribution in [-0.2, 0) is 9.53 Å². The normalized spacial score (nSPS) is 10.2. The molecule has 0 aliphatic carbocycles. The second kappa shape index (κ2) is 7.84. The molecule has 26 heavy (non-hydrogen) atoms. The van der Waals surface area contributed by atoms with E-state index in [0.29, 0.717) is 16.6 Å². The van der Waals surface area contributed by atoms with Crippen molar-refractivity contribution in [3.05, 3.63) is 72.1 Å². The second-order valence-corrected chi connectivity index (χ2v) is 5.20. The van der Waals surface area contributed by atoms with Crippen LogP contribution in [-0.4, -0.2) is 34.4 Å². The van der Waals surface area contributed by atoms with Crippen LogP contribution in [0.4, 0.5) is 0 Å². The number of hydrogen-bond donors (Lipinski definition) is 2. The predicted molar refractivity (Wildman–Crippen MR) is 91.9 cm³/mol. The highest BCUT2D eigenvalue weighted by Gasteiger charge is 2.12. The van der Waals surface area contributed by atoms with Crippen molar-refractivity contribution in [2.75, 3.05) is 6.61 Å². The molecule has 130 valence electrons. The standard InChI is InChI=1S/C18H14N4O4/c23-16(21-22-17(24)12-4-2-1-3-5-12)11-26-18(25)13-6-7-14-15(10-13)20-9-8-19-14/h1-10H,11H2,(H,21,23)(H,22,24). The van der Waals surface area contributed by atoms with E-state index in [1.807, 2.05) is 0 Å². The van der Waals surface area contributed by atoms with Crippen LogP contribution in [0.15, 0.2) is 60.9 Å². The predicted octanol–water partition coefficient (Wildman–Crippen LogP) is 1.25. The smallest absolute Gasteiger partial charge is 0.338 e. The number of nitrogens with zero attached hydrogens (tertiary/aromatic N) is 2. The highest BCUT2D eigenvalue weighted by atomic mass is 16.5.